The molecule has 6 heteroatoms. The van der Waals surface area contributed by atoms with Gasteiger partial charge in [0.25, 0.3) is 0 Å². The topological polar surface area (TPSA) is 56.0 Å². The molecule has 0 bridgehead atoms. The van der Waals surface area contributed by atoms with Gasteiger partial charge in [0.1, 0.15) is 0 Å². The van der Waals surface area contributed by atoms with E-state index in [1.807, 2.05) is 0 Å². The van der Waals surface area contributed by atoms with Crippen LogP contribution in [0.3, 0.4) is 0 Å². The van der Waals surface area contributed by atoms with Gasteiger partial charge in [0.15, 0.2) is 0 Å². The summed E-state index contributed by atoms with van der Waals surface area (Å²) < 4.78 is 5.43. The zero-order valence-corrected chi connectivity index (χ0v) is 10.2. The molecule has 1 radical (unpaired) electrons. The number of rotatable bonds is 4. The molecular formula is C6H7N2O2PoS. The molecule has 0 aliphatic rings. The molecule has 0 unspecified atom stereocenters. The summed E-state index contributed by atoms with van der Waals surface area (Å²) in [6.07, 6.45) is 2.04. The molecule has 0 aliphatic heterocycles. The third-order valence-corrected chi connectivity index (χ3v) is 3.78. The number of thioether (sulfide) groups is 1. The average molecular weight is 380 g/mol. The normalized spacial score (nSPS) is 10.1. The Hall–Kier alpha value is 0.0561. The van der Waals surface area contributed by atoms with Crippen LogP contribution in [0, 0.1) is 0 Å². The molecule has 1 aromatic heterocycles. The zero-order valence-electron chi connectivity index (χ0n) is 6.23. The summed E-state index contributed by atoms with van der Waals surface area (Å²) in [6, 6.07) is 0. The summed E-state index contributed by atoms with van der Waals surface area (Å²) in [7, 11) is 0. The van der Waals surface area contributed by atoms with Gasteiger partial charge in [0.2, 0.25) is 0 Å². The Morgan fingerprint density at radius 2 is 2.58 bits per heavy atom. The van der Waals surface area contributed by atoms with E-state index in [1.165, 1.54) is 43.2 Å². The van der Waals surface area contributed by atoms with Crippen molar-refractivity contribution in [2.45, 2.75) is 10.5 Å². The van der Waals surface area contributed by atoms with E-state index in [4.69, 9.17) is 4.52 Å². The van der Waals surface area contributed by atoms with Crippen LogP contribution in [-0.2, 0) is 11.2 Å². The molecule has 0 N–H and O–H groups in total. The number of nitrogens with zero attached hydrogens (tertiary/aromatic N) is 2. The first-order chi connectivity index (χ1) is 5.83. The van der Waals surface area contributed by atoms with Crippen molar-refractivity contribution in [1.29, 1.82) is 0 Å². The first kappa shape index (κ1) is 10.1. The van der Waals surface area contributed by atoms with Gasteiger partial charge in [-0.2, -0.15) is 0 Å². The second-order valence-corrected chi connectivity index (χ2v) is 4.22. The molecule has 1 rings (SSSR count). The Morgan fingerprint density at radius 3 is 3.17 bits per heavy atom. The number of aryl methyl sites for hydroxylation is 1. The number of hydrogen-bond acceptors (Lipinski definition) is 5. The molecule has 4 nitrogen and oxygen atoms in total. The summed E-state index contributed by atoms with van der Waals surface area (Å²) in [5.74, 6) is 1.33. The van der Waals surface area contributed by atoms with Crippen LogP contribution in [0.5, 0.6) is 0 Å². The Kier molecular flexibility index (Phi) is 4.78. The zero-order chi connectivity index (χ0) is 8.81. The second kappa shape index (κ2) is 5.66. The van der Waals surface area contributed by atoms with Gasteiger partial charge in [-0.15, -0.1) is 0 Å². The molecule has 0 aliphatic carbocycles. The van der Waals surface area contributed by atoms with Crippen LogP contribution in [0.1, 0.15) is 5.89 Å². The molecule has 1 heterocycles. The SMILES string of the molecule is O=C([CH2][Po])SCCc1ncno1. The van der Waals surface area contributed by atoms with Crippen LogP contribution in [-0.4, -0.2) is 46.1 Å². The van der Waals surface area contributed by atoms with E-state index in [1.54, 1.807) is 0 Å². The molecule has 0 spiro atoms. The third kappa shape index (κ3) is 3.64. The molecule has 1 aromatic rings. The van der Waals surface area contributed by atoms with Gasteiger partial charge in [0, 0.05) is 0 Å². The van der Waals surface area contributed by atoms with Gasteiger partial charge in [-0.25, -0.2) is 0 Å². The molecule has 0 saturated heterocycles. The summed E-state index contributed by atoms with van der Waals surface area (Å²) in [4.78, 5) is 14.7. The van der Waals surface area contributed by atoms with Crippen LogP contribution >= 0.6 is 11.8 Å². The van der Waals surface area contributed by atoms with Crippen molar-refractivity contribution in [2.24, 2.45) is 0 Å². The van der Waals surface area contributed by atoms with Crippen LogP contribution in [0.15, 0.2) is 10.9 Å². The summed E-state index contributed by atoms with van der Waals surface area (Å²) in [6.45, 7) is 0. The molecule has 0 aromatic carbocycles. The predicted octanol–water partition coefficient (Wildman–Crippen LogP) is 0.459. The maximum atomic E-state index is 10.9. The molecule has 65 valence electrons. The van der Waals surface area contributed by atoms with Gasteiger partial charge >= 0.3 is 89.9 Å². The van der Waals surface area contributed by atoms with Crippen LogP contribution in [0.4, 0.5) is 0 Å². The van der Waals surface area contributed by atoms with E-state index in [0.717, 1.165) is 5.75 Å². The standard InChI is InChI=1S/C6H7N2O2S.Po/c1-5(9)11-3-2-6-7-4-8-10-6;/h4H,1-3H2;. The van der Waals surface area contributed by atoms with E-state index in [2.05, 4.69) is 10.1 Å². The first-order valence-corrected chi connectivity index (χ1v) is 6.55. The number of carbonyl (C=O) groups excluding carboxylic acids is 1. The molecule has 0 saturated carbocycles. The van der Waals surface area contributed by atoms with E-state index >= 15 is 0 Å². The first-order valence-electron chi connectivity index (χ1n) is 3.32. The van der Waals surface area contributed by atoms with Crippen molar-refractivity contribution in [1.82, 2.24) is 10.1 Å². The van der Waals surface area contributed by atoms with Gasteiger partial charge in [-0.05, 0) is 0 Å². The van der Waals surface area contributed by atoms with Crippen LogP contribution in [0.25, 0.3) is 0 Å². The fourth-order valence-corrected chi connectivity index (χ4v) is 2.16. The summed E-state index contributed by atoms with van der Waals surface area (Å²) >= 11 is 2.63. The fourth-order valence-electron chi connectivity index (χ4n) is 0.600. The molecule has 0 atom stereocenters. The number of aromatic nitrogens is 2. The van der Waals surface area contributed by atoms with Crippen molar-refractivity contribution in [3.05, 3.63) is 12.2 Å². The van der Waals surface area contributed by atoms with Crippen molar-refractivity contribution >= 4 is 41.9 Å². The molecule has 12 heavy (non-hydrogen) atoms. The Bertz CT molecular complexity index is 240. The Balaban J connectivity index is 2.15. The Morgan fingerprint density at radius 1 is 1.75 bits per heavy atom. The number of hydrogen-bond donors (Lipinski definition) is 0. The molecule has 0 fully saturated rings. The molecular weight excluding hydrogens is 373 g/mol. The van der Waals surface area contributed by atoms with Gasteiger partial charge < -0.3 is 0 Å². The van der Waals surface area contributed by atoms with Crippen LogP contribution < -0.4 is 0 Å². The van der Waals surface area contributed by atoms with E-state index in [9.17, 15) is 4.79 Å². The minimum absolute atomic E-state index is 0.240. The van der Waals surface area contributed by atoms with Crippen molar-refractivity contribution in [3.8, 4) is 0 Å². The van der Waals surface area contributed by atoms with E-state index in [0.29, 0.717) is 16.4 Å². The van der Waals surface area contributed by atoms with Crippen molar-refractivity contribution < 1.29 is 9.32 Å². The maximum absolute atomic E-state index is 10.9. The van der Waals surface area contributed by atoms with Crippen molar-refractivity contribution in [3.63, 3.8) is 0 Å². The monoisotopic (exact) mass is 380 g/mol. The van der Waals surface area contributed by atoms with Gasteiger partial charge in [-0.1, -0.05) is 0 Å². The fraction of sp³-hybridized carbons (Fsp3) is 0.500. The van der Waals surface area contributed by atoms with Gasteiger partial charge in [0.05, 0.1) is 0 Å². The quantitative estimate of drug-likeness (QED) is 0.760. The van der Waals surface area contributed by atoms with Crippen LogP contribution in [0.2, 0.25) is 4.08 Å². The predicted molar refractivity (Wildman–Crippen MR) is 46.0 cm³/mol. The van der Waals surface area contributed by atoms with E-state index in [-0.39, 0.29) is 5.12 Å². The summed E-state index contributed by atoms with van der Waals surface area (Å²) in [5.41, 5.74) is 0. The average Bonchev–Trinajstić information content (AvgIpc) is 2.57. The van der Waals surface area contributed by atoms with E-state index < -0.39 is 0 Å². The molecule has 0 amide bonds. The van der Waals surface area contributed by atoms with Gasteiger partial charge in [-0.3, -0.25) is 0 Å². The third-order valence-electron chi connectivity index (χ3n) is 1.10. The number of carbonyl (C=O) groups is 1. The summed E-state index contributed by atoms with van der Waals surface area (Å²) in [5, 5.41) is 3.70. The minimum atomic E-state index is 0.240. The Labute approximate surface area is 89.6 Å². The van der Waals surface area contributed by atoms with Crippen molar-refractivity contribution in [2.75, 3.05) is 5.75 Å². The second-order valence-electron chi connectivity index (χ2n) is 1.95.